The molecule has 0 spiro atoms. The number of nitrogens with one attached hydrogen (secondary N) is 2. The minimum absolute atomic E-state index is 0.0428. The van der Waals surface area contributed by atoms with Gasteiger partial charge in [0, 0.05) is 114 Å². The van der Waals surface area contributed by atoms with Crippen LogP contribution in [0.4, 0.5) is 20.3 Å². The zero-order valence-electron chi connectivity index (χ0n) is 39.4. The van der Waals surface area contributed by atoms with E-state index >= 15 is 0 Å². The van der Waals surface area contributed by atoms with Gasteiger partial charge in [0.15, 0.2) is 0 Å². The highest BCUT2D eigenvalue weighted by Crippen LogP contribution is 2.34. The molecule has 10 rings (SSSR count). The maximum absolute atomic E-state index is 14.9. The molecule has 20 heteroatoms. The SMILES string of the molecule is CCOc1cc(-c2ccc(N3CCC(CN4CCN(C(=O)CN5CCN(c6ccc7c(c6)CN(C6CCC(=O)NC6=O)C7=O)CC5)CC4)(NC(=O)c4cc(F)ccc4F)CC3)nc2)c2c(C#N)cnn2c1. The van der Waals surface area contributed by atoms with Gasteiger partial charge in [-0.3, -0.25) is 39.1 Å². The summed E-state index contributed by atoms with van der Waals surface area (Å²) >= 11 is 0. The molecule has 5 aromatic rings. The van der Waals surface area contributed by atoms with Crippen LogP contribution in [0.15, 0.2) is 73.2 Å². The Morgan fingerprint density at radius 2 is 1.66 bits per heavy atom. The normalized spacial score (nSPS) is 19.7. The average molecular weight is 969 g/mol. The number of nitriles is 1. The molecule has 368 valence electrons. The summed E-state index contributed by atoms with van der Waals surface area (Å²) in [6, 6.07) is 15.9. The molecule has 5 aliphatic heterocycles. The van der Waals surface area contributed by atoms with Crippen molar-refractivity contribution in [1.29, 1.82) is 5.26 Å². The first-order valence-corrected chi connectivity index (χ1v) is 24.2. The molecule has 0 saturated carbocycles. The number of imide groups is 1. The number of anilines is 2. The third kappa shape index (κ3) is 9.71. The van der Waals surface area contributed by atoms with E-state index in [4.69, 9.17) is 9.72 Å². The monoisotopic (exact) mass is 968 g/mol. The van der Waals surface area contributed by atoms with E-state index in [2.05, 4.69) is 41.4 Å². The molecular weight excluding hydrogens is 915 g/mol. The van der Waals surface area contributed by atoms with E-state index in [1.807, 2.05) is 48.2 Å². The van der Waals surface area contributed by atoms with Gasteiger partial charge in [-0.1, -0.05) is 0 Å². The number of hydrogen-bond acceptors (Lipinski definition) is 13. The number of fused-ring (bicyclic) bond motifs is 2. The van der Waals surface area contributed by atoms with Crippen LogP contribution in [-0.4, -0.2) is 160 Å². The van der Waals surface area contributed by atoms with Crippen LogP contribution in [0, 0.1) is 23.0 Å². The molecule has 18 nitrogen and oxygen atoms in total. The summed E-state index contributed by atoms with van der Waals surface area (Å²) in [5.41, 5.74) is 3.86. The summed E-state index contributed by atoms with van der Waals surface area (Å²) in [4.78, 5) is 81.8. The maximum Gasteiger partial charge on any atom is 0.255 e. The van der Waals surface area contributed by atoms with E-state index < -0.39 is 35.0 Å². The highest BCUT2D eigenvalue weighted by molar-refractivity contribution is 6.05. The fourth-order valence-corrected chi connectivity index (χ4v) is 10.6. The van der Waals surface area contributed by atoms with Crippen molar-refractivity contribution < 1.29 is 37.5 Å². The fourth-order valence-electron chi connectivity index (χ4n) is 10.6. The van der Waals surface area contributed by atoms with Gasteiger partial charge in [-0.15, -0.1) is 0 Å². The van der Waals surface area contributed by atoms with Crippen molar-refractivity contribution in [2.45, 2.75) is 50.7 Å². The Morgan fingerprint density at radius 3 is 2.38 bits per heavy atom. The second-order valence-corrected chi connectivity index (χ2v) is 18.9. The zero-order valence-corrected chi connectivity index (χ0v) is 39.4. The number of rotatable bonds is 12. The number of benzene rings is 2. The molecule has 0 aliphatic carbocycles. The number of amides is 5. The van der Waals surface area contributed by atoms with Crippen molar-refractivity contribution in [3.63, 3.8) is 0 Å². The van der Waals surface area contributed by atoms with Crippen molar-refractivity contribution in [2.75, 3.05) is 94.9 Å². The van der Waals surface area contributed by atoms with Crippen molar-refractivity contribution in [3.8, 4) is 22.9 Å². The van der Waals surface area contributed by atoms with Crippen molar-refractivity contribution in [3.05, 3.63) is 107 Å². The third-order valence-electron chi connectivity index (χ3n) is 14.5. The van der Waals surface area contributed by atoms with Crippen LogP contribution in [0.3, 0.4) is 0 Å². The molecular formula is C51H54F2N12O6. The van der Waals surface area contributed by atoms with Gasteiger partial charge >= 0.3 is 0 Å². The van der Waals surface area contributed by atoms with E-state index in [-0.39, 0.29) is 36.3 Å². The summed E-state index contributed by atoms with van der Waals surface area (Å²) in [6.07, 6.45) is 6.52. The summed E-state index contributed by atoms with van der Waals surface area (Å²) in [5, 5.41) is 19.6. The predicted molar refractivity (Wildman–Crippen MR) is 256 cm³/mol. The number of nitrogens with zero attached hydrogens (tertiary/aromatic N) is 10. The van der Waals surface area contributed by atoms with Crippen LogP contribution in [0.25, 0.3) is 16.6 Å². The highest BCUT2D eigenvalue weighted by Gasteiger charge is 2.41. The molecule has 5 amide bonds. The quantitative estimate of drug-likeness (QED) is 0.173. The van der Waals surface area contributed by atoms with Crippen LogP contribution in [-0.2, 0) is 20.9 Å². The van der Waals surface area contributed by atoms with E-state index in [9.17, 15) is 38.0 Å². The number of ether oxygens (including phenoxy) is 1. The van der Waals surface area contributed by atoms with E-state index in [0.29, 0.717) is 127 Å². The lowest BCUT2D eigenvalue weighted by molar-refractivity contribution is -0.137. The number of hydrogen-bond donors (Lipinski definition) is 2. The van der Waals surface area contributed by atoms with Gasteiger partial charge in [0.25, 0.3) is 11.8 Å². The van der Waals surface area contributed by atoms with Crippen molar-refractivity contribution in [2.24, 2.45) is 0 Å². The first-order chi connectivity index (χ1) is 34.4. The molecule has 4 fully saturated rings. The first-order valence-electron chi connectivity index (χ1n) is 24.2. The Hall–Kier alpha value is -7.50. The molecule has 2 N–H and O–H groups in total. The highest BCUT2D eigenvalue weighted by atomic mass is 19.1. The lowest BCUT2D eigenvalue weighted by Gasteiger charge is -2.47. The Balaban J connectivity index is 0.746. The molecule has 1 atom stereocenters. The summed E-state index contributed by atoms with van der Waals surface area (Å²) < 4.78 is 36.6. The molecule has 8 heterocycles. The van der Waals surface area contributed by atoms with Gasteiger partial charge in [-0.2, -0.15) is 10.4 Å². The zero-order chi connectivity index (χ0) is 49.4. The second-order valence-electron chi connectivity index (χ2n) is 18.9. The molecule has 2 aromatic carbocycles. The summed E-state index contributed by atoms with van der Waals surface area (Å²) in [5.74, 6) is -1.79. The Bertz CT molecular complexity index is 2940. The number of carbonyl (C=O) groups is 5. The number of carbonyl (C=O) groups excluding carboxylic acids is 5. The number of pyridine rings is 2. The number of halogens is 2. The van der Waals surface area contributed by atoms with Gasteiger partial charge in [-0.05, 0) is 86.3 Å². The predicted octanol–water partition coefficient (Wildman–Crippen LogP) is 3.44. The minimum Gasteiger partial charge on any atom is -0.492 e. The minimum atomic E-state index is -0.808. The van der Waals surface area contributed by atoms with Crippen LogP contribution in [0.1, 0.15) is 64.4 Å². The molecule has 71 heavy (non-hydrogen) atoms. The fraction of sp³-hybridized carbons (Fsp3) is 0.412. The van der Waals surface area contributed by atoms with E-state index in [1.54, 1.807) is 21.8 Å². The van der Waals surface area contributed by atoms with Crippen molar-refractivity contribution in [1.82, 2.24) is 44.8 Å². The van der Waals surface area contributed by atoms with Crippen LogP contribution >= 0.6 is 0 Å². The van der Waals surface area contributed by atoms with Crippen LogP contribution in [0.2, 0.25) is 0 Å². The Labute approximate surface area is 408 Å². The summed E-state index contributed by atoms with van der Waals surface area (Å²) in [7, 11) is 0. The van der Waals surface area contributed by atoms with Crippen LogP contribution in [0.5, 0.6) is 5.75 Å². The smallest absolute Gasteiger partial charge is 0.255 e. The number of aromatic nitrogens is 3. The Kier molecular flexibility index (Phi) is 13.1. The molecule has 0 bridgehead atoms. The van der Waals surface area contributed by atoms with Crippen molar-refractivity contribution >= 4 is 46.6 Å². The molecule has 5 aliphatic rings. The number of piperidine rings is 2. The largest absolute Gasteiger partial charge is 0.492 e. The van der Waals surface area contributed by atoms with E-state index in [0.717, 1.165) is 46.4 Å². The maximum atomic E-state index is 14.9. The van der Waals surface area contributed by atoms with Gasteiger partial charge in [-0.25, -0.2) is 18.3 Å². The lowest BCUT2D eigenvalue weighted by atomic mass is 9.86. The Morgan fingerprint density at radius 1 is 0.887 bits per heavy atom. The van der Waals surface area contributed by atoms with Gasteiger partial charge in [0.1, 0.15) is 35.3 Å². The average Bonchev–Trinajstić information content (AvgIpc) is 3.95. The van der Waals surface area contributed by atoms with Gasteiger partial charge < -0.3 is 29.7 Å². The standard InChI is InChI=1S/C51H54F2N12O6/c1-2-71-38-25-40(47-35(26-54)28-56-65(47)30-38)33-3-9-44(55-27-33)62-13-11-51(12-14-62,58-48(68)41-24-36(52)4-7-42(41)53)32-60-17-21-63(22-18-60)46(67)31-59-15-19-61(20-16-59)37-5-6-39-34(23-37)29-64(50(39)70)43-8-10-45(66)57-49(43)69/h3-7,9,23-25,27-28,30,43H,2,8,10-22,29,31-32H2,1H3,(H,58,68)(H,57,66,69). The molecule has 4 saturated heterocycles. The molecule has 1 unspecified atom stereocenters. The van der Waals surface area contributed by atoms with Gasteiger partial charge in [0.2, 0.25) is 17.7 Å². The van der Waals surface area contributed by atoms with Gasteiger partial charge in [0.05, 0.1) is 47.7 Å². The first kappa shape index (κ1) is 47.2. The second kappa shape index (κ2) is 19.7. The summed E-state index contributed by atoms with van der Waals surface area (Å²) in [6.45, 7) is 9.32. The topological polar surface area (TPSA) is 192 Å². The molecule has 3 aromatic heterocycles. The van der Waals surface area contributed by atoms with E-state index in [1.165, 1.54) is 6.20 Å². The number of piperazine rings is 2. The lowest BCUT2D eigenvalue weighted by Crippen LogP contribution is -2.63. The van der Waals surface area contributed by atoms with Crippen LogP contribution < -0.4 is 25.2 Å². The third-order valence-corrected chi connectivity index (χ3v) is 14.5. The molecule has 0 radical (unpaired) electrons.